The van der Waals surface area contributed by atoms with Gasteiger partial charge in [-0.25, -0.2) is 0 Å². The molecule has 0 amide bonds. The van der Waals surface area contributed by atoms with E-state index in [1.54, 1.807) is 30.5 Å². The SMILES string of the molecule is COC(=O)Cc1c(C(=O)c2cc(C(C)C)ccn2)[nH]c2ccc(Cl)cc12. The number of carbonyl (C=O) groups is 2. The summed E-state index contributed by atoms with van der Waals surface area (Å²) in [5.41, 5.74) is 2.99. The van der Waals surface area contributed by atoms with Crippen LogP contribution in [0.4, 0.5) is 0 Å². The summed E-state index contributed by atoms with van der Waals surface area (Å²) in [5.74, 6) is -0.414. The fourth-order valence-electron chi connectivity index (χ4n) is 2.87. The molecule has 0 atom stereocenters. The van der Waals surface area contributed by atoms with E-state index in [9.17, 15) is 9.59 Å². The molecule has 2 aromatic heterocycles. The summed E-state index contributed by atoms with van der Waals surface area (Å²) in [4.78, 5) is 32.3. The van der Waals surface area contributed by atoms with Crippen LogP contribution in [0.25, 0.3) is 10.9 Å². The molecule has 0 aliphatic carbocycles. The Morgan fingerprint density at radius 1 is 1.23 bits per heavy atom. The predicted molar refractivity (Wildman–Crippen MR) is 101 cm³/mol. The molecule has 134 valence electrons. The molecule has 0 radical (unpaired) electrons. The van der Waals surface area contributed by atoms with Crippen molar-refractivity contribution in [3.05, 3.63) is 64.1 Å². The zero-order valence-electron chi connectivity index (χ0n) is 14.8. The van der Waals surface area contributed by atoms with Crippen molar-refractivity contribution >= 4 is 34.3 Å². The Morgan fingerprint density at radius 3 is 2.69 bits per heavy atom. The average molecular weight is 371 g/mol. The fraction of sp³-hybridized carbons (Fsp3) is 0.250. The van der Waals surface area contributed by atoms with Crippen molar-refractivity contribution in [1.82, 2.24) is 9.97 Å². The molecule has 3 rings (SSSR count). The number of benzene rings is 1. The molecule has 0 saturated heterocycles. The fourth-order valence-corrected chi connectivity index (χ4v) is 3.04. The third kappa shape index (κ3) is 3.48. The Hall–Kier alpha value is -2.66. The highest BCUT2D eigenvalue weighted by Gasteiger charge is 2.23. The third-order valence-electron chi connectivity index (χ3n) is 4.33. The molecular weight excluding hydrogens is 352 g/mol. The van der Waals surface area contributed by atoms with Crippen LogP contribution in [-0.4, -0.2) is 28.8 Å². The molecule has 0 aliphatic rings. The van der Waals surface area contributed by atoms with Crippen molar-refractivity contribution < 1.29 is 14.3 Å². The maximum Gasteiger partial charge on any atom is 0.310 e. The number of methoxy groups -OCH3 is 1. The highest BCUT2D eigenvalue weighted by atomic mass is 35.5. The Labute approximate surface area is 156 Å². The predicted octanol–water partition coefficient (Wildman–Crippen LogP) is 4.29. The smallest absolute Gasteiger partial charge is 0.310 e. The maximum atomic E-state index is 13.1. The Morgan fingerprint density at radius 2 is 2.00 bits per heavy atom. The second kappa shape index (κ2) is 7.30. The highest BCUT2D eigenvalue weighted by Crippen LogP contribution is 2.28. The molecule has 0 spiro atoms. The second-order valence-electron chi connectivity index (χ2n) is 6.38. The molecule has 5 nitrogen and oxygen atoms in total. The van der Waals surface area contributed by atoms with Crippen molar-refractivity contribution in [3.63, 3.8) is 0 Å². The zero-order chi connectivity index (χ0) is 18.8. The molecule has 26 heavy (non-hydrogen) atoms. The lowest BCUT2D eigenvalue weighted by Gasteiger charge is -2.07. The maximum absolute atomic E-state index is 13.1. The topological polar surface area (TPSA) is 72.1 Å². The van der Waals surface area contributed by atoms with Crippen LogP contribution in [0, 0.1) is 0 Å². The lowest BCUT2D eigenvalue weighted by molar-refractivity contribution is -0.139. The van der Waals surface area contributed by atoms with E-state index in [0.29, 0.717) is 22.0 Å². The van der Waals surface area contributed by atoms with Crippen molar-refractivity contribution in [2.45, 2.75) is 26.2 Å². The number of hydrogen-bond donors (Lipinski definition) is 1. The number of esters is 1. The average Bonchev–Trinajstić information content (AvgIpc) is 2.98. The van der Waals surface area contributed by atoms with Gasteiger partial charge in [-0.05, 0) is 41.8 Å². The van der Waals surface area contributed by atoms with Crippen molar-refractivity contribution in [3.8, 4) is 0 Å². The van der Waals surface area contributed by atoms with Gasteiger partial charge in [0, 0.05) is 27.7 Å². The Bertz CT molecular complexity index is 992. The molecule has 0 unspecified atom stereocenters. The molecule has 0 aliphatic heterocycles. The summed E-state index contributed by atoms with van der Waals surface area (Å²) in [5, 5.41) is 1.26. The van der Waals surface area contributed by atoms with Gasteiger partial charge < -0.3 is 9.72 Å². The van der Waals surface area contributed by atoms with E-state index < -0.39 is 5.97 Å². The third-order valence-corrected chi connectivity index (χ3v) is 4.56. The highest BCUT2D eigenvalue weighted by molar-refractivity contribution is 6.31. The molecule has 6 heteroatoms. The van der Waals surface area contributed by atoms with Crippen LogP contribution < -0.4 is 0 Å². The standard InChI is InChI=1S/C20H19ClN2O3/c1-11(2)12-6-7-22-17(8-12)20(25)19-15(10-18(24)26-3)14-9-13(21)4-5-16(14)23-19/h4-9,11,23H,10H2,1-3H3. The van der Waals surface area contributed by atoms with Crippen molar-refractivity contribution in [2.24, 2.45) is 0 Å². The summed E-state index contributed by atoms with van der Waals surface area (Å²) in [6, 6.07) is 8.93. The van der Waals surface area contributed by atoms with E-state index in [1.165, 1.54) is 7.11 Å². The van der Waals surface area contributed by atoms with Gasteiger partial charge in [0.2, 0.25) is 5.78 Å². The number of nitrogens with zero attached hydrogens (tertiary/aromatic N) is 1. The van der Waals surface area contributed by atoms with Crippen LogP contribution >= 0.6 is 11.6 Å². The van der Waals surface area contributed by atoms with E-state index in [1.807, 2.05) is 6.07 Å². The lowest BCUT2D eigenvalue weighted by Crippen LogP contribution is -2.11. The number of rotatable bonds is 5. The van der Waals surface area contributed by atoms with Gasteiger partial charge in [0.05, 0.1) is 19.2 Å². The van der Waals surface area contributed by atoms with E-state index >= 15 is 0 Å². The second-order valence-corrected chi connectivity index (χ2v) is 6.82. The van der Waals surface area contributed by atoms with Gasteiger partial charge in [-0.15, -0.1) is 0 Å². The number of ketones is 1. The minimum absolute atomic E-state index is 0.0260. The van der Waals surface area contributed by atoms with Crippen LogP contribution in [0.15, 0.2) is 36.5 Å². The summed E-state index contributed by atoms with van der Waals surface area (Å²) < 4.78 is 4.78. The van der Waals surface area contributed by atoms with Gasteiger partial charge in [-0.3, -0.25) is 14.6 Å². The first kappa shape index (κ1) is 18.1. The summed E-state index contributed by atoms with van der Waals surface area (Å²) in [6.07, 6.45) is 1.60. The van der Waals surface area contributed by atoms with Gasteiger partial charge >= 0.3 is 5.97 Å². The van der Waals surface area contributed by atoms with Gasteiger partial charge in [0.15, 0.2) is 0 Å². The monoisotopic (exact) mass is 370 g/mol. The van der Waals surface area contributed by atoms with E-state index in [0.717, 1.165) is 16.5 Å². The van der Waals surface area contributed by atoms with E-state index in [2.05, 4.69) is 23.8 Å². The zero-order valence-corrected chi connectivity index (χ0v) is 15.6. The molecule has 3 aromatic rings. The van der Waals surface area contributed by atoms with Crippen LogP contribution in [0.2, 0.25) is 5.02 Å². The molecule has 1 N–H and O–H groups in total. The number of carbonyl (C=O) groups excluding carboxylic acids is 2. The number of nitrogens with one attached hydrogen (secondary N) is 1. The number of fused-ring (bicyclic) bond motifs is 1. The van der Waals surface area contributed by atoms with E-state index in [4.69, 9.17) is 16.3 Å². The van der Waals surface area contributed by atoms with Gasteiger partial charge in [-0.1, -0.05) is 25.4 Å². The normalized spacial score (nSPS) is 11.1. The number of H-pyrrole nitrogens is 1. The quantitative estimate of drug-likeness (QED) is 0.537. The molecule has 0 saturated carbocycles. The first-order valence-electron chi connectivity index (χ1n) is 8.28. The number of aromatic amines is 1. The molecule has 0 fully saturated rings. The lowest BCUT2D eigenvalue weighted by atomic mass is 10.00. The summed E-state index contributed by atoms with van der Waals surface area (Å²) in [7, 11) is 1.32. The number of ether oxygens (including phenoxy) is 1. The Balaban J connectivity index is 2.14. The Kier molecular flexibility index (Phi) is 5.09. The first-order chi connectivity index (χ1) is 12.4. The van der Waals surface area contributed by atoms with Gasteiger partial charge in [0.25, 0.3) is 0 Å². The van der Waals surface area contributed by atoms with Gasteiger partial charge in [0.1, 0.15) is 5.69 Å². The largest absolute Gasteiger partial charge is 0.469 e. The van der Waals surface area contributed by atoms with Crippen LogP contribution in [0.3, 0.4) is 0 Å². The van der Waals surface area contributed by atoms with Crippen LogP contribution in [-0.2, 0) is 16.0 Å². The first-order valence-corrected chi connectivity index (χ1v) is 8.66. The number of hydrogen-bond acceptors (Lipinski definition) is 4. The summed E-state index contributed by atoms with van der Waals surface area (Å²) in [6.45, 7) is 4.11. The van der Waals surface area contributed by atoms with Crippen molar-refractivity contribution in [1.29, 1.82) is 0 Å². The molecule has 1 aromatic carbocycles. The van der Waals surface area contributed by atoms with Crippen molar-refractivity contribution in [2.75, 3.05) is 7.11 Å². The molecule has 2 heterocycles. The summed E-state index contributed by atoms with van der Waals surface area (Å²) >= 11 is 6.10. The number of halogens is 1. The minimum atomic E-state index is -0.427. The van der Waals surface area contributed by atoms with E-state index in [-0.39, 0.29) is 18.1 Å². The molecular formula is C20H19ClN2O3. The van der Waals surface area contributed by atoms with Gasteiger partial charge in [-0.2, -0.15) is 0 Å². The van der Waals surface area contributed by atoms with Crippen LogP contribution in [0.1, 0.15) is 47.1 Å². The number of aromatic nitrogens is 2. The number of pyridine rings is 1. The minimum Gasteiger partial charge on any atom is -0.469 e. The van der Waals surface area contributed by atoms with Crippen LogP contribution in [0.5, 0.6) is 0 Å². The molecule has 0 bridgehead atoms.